The molecule has 3 heteroatoms. The molecule has 0 bridgehead atoms. The Labute approximate surface area is 140 Å². The lowest BCUT2D eigenvalue weighted by atomic mass is 9.73. The molecular weight excluding hydrogens is 298 g/mol. The zero-order valence-corrected chi connectivity index (χ0v) is 13.0. The van der Waals surface area contributed by atoms with E-state index in [0.29, 0.717) is 5.56 Å². The third-order valence-corrected chi connectivity index (χ3v) is 4.56. The summed E-state index contributed by atoms with van der Waals surface area (Å²) in [6, 6.07) is 27.9. The van der Waals surface area contributed by atoms with Gasteiger partial charge in [0.15, 0.2) is 5.60 Å². The van der Waals surface area contributed by atoms with Gasteiger partial charge >= 0.3 is 0 Å². The highest BCUT2D eigenvalue weighted by Gasteiger charge is 2.62. The number of benzene rings is 3. The first kappa shape index (κ1) is 14.7. The fraction of sp³-hybridized carbons (Fsp3) is 0.0952. The molecule has 2 atom stereocenters. The van der Waals surface area contributed by atoms with E-state index in [1.807, 2.05) is 78.9 Å². The minimum absolute atomic E-state index is 0.297. The summed E-state index contributed by atoms with van der Waals surface area (Å²) in [5, 5.41) is 11.3. The van der Waals surface area contributed by atoms with Crippen LogP contribution in [0, 0.1) is 0 Å². The highest BCUT2D eigenvalue weighted by molar-refractivity contribution is 6.08. The standard InChI is InChI=1S/C21H17NO2/c23-20-21(24,17-12-6-2-7-13-17)19(16-10-4-1-5-11-16)22(20)18-14-8-3-9-15-18/h1-15,19,24H/t19-,21+/m1/s1. The summed E-state index contributed by atoms with van der Waals surface area (Å²) in [4.78, 5) is 14.6. The van der Waals surface area contributed by atoms with Crippen LogP contribution in [0.4, 0.5) is 5.69 Å². The third-order valence-electron chi connectivity index (χ3n) is 4.56. The first-order valence-corrected chi connectivity index (χ1v) is 7.94. The van der Waals surface area contributed by atoms with Gasteiger partial charge in [-0.2, -0.15) is 0 Å². The van der Waals surface area contributed by atoms with Crippen molar-refractivity contribution in [2.75, 3.05) is 4.90 Å². The van der Waals surface area contributed by atoms with Crippen LogP contribution < -0.4 is 4.90 Å². The number of hydrogen-bond donors (Lipinski definition) is 1. The Morgan fingerprint density at radius 1 is 0.750 bits per heavy atom. The second-order valence-electron chi connectivity index (χ2n) is 5.96. The van der Waals surface area contributed by atoms with E-state index in [1.54, 1.807) is 17.0 Å². The molecule has 0 unspecified atom stereocenters. The summed E-state index contributed by atoms with van der Waals surface area (Å²) in [5.41, 5.74) is 0.777. The fourth-order valence-electron chi connectivity index (χ4n) is 3.39. The number of anilines is 1. The maximum absolute atomic E-state index is 12.9. The van der Waals surface area contributed by atoms with Gasteiger partial charge in [0.1, 0.15) is 6.04 Å². The molecule has 3 aromatic rings. The molecule has 0 saturated carbocycles. The number of carbonyl (C=O) groups is 1. The first-order valence-electron chi connectivity index (χ1n) is 7.94. The van der Waals surface area contributed by atoms with Crippen molar-refractivity contribution in [3.05, 3.63) is 102 Å². The van der Waals surface area contributed by atoms with E-state index in [1.165, 1.54) is 0 Å². The smallest absolute Gasteiger partial charge is 0.266 e. The molecule has 3 aromatic carbocycles. The van der Waals surface area contributed by atoms with Gasteiger partial charge in [0.05, 0.1) is 0 Å². The van der Waals surface area contributed by atoms with Crippen LogP contribution in [-0.4, -0.2) is 11.0 Å². The monoisotopic (exact) mass is 315 g/mol. The predicted octanol–water partition coefficient (Wildman–Crippen LogP) is 3.66. The van der Waals surface area contributed by atoms with Crippen LogP contribution >= 0.6 is 0 Å². The average Bonchev–Trinajstić information content (AvgIpc) is 2.67. The fourth-order valence-corrected chi connectivity index (χ4v) is 3.39. The van der Waals surface area contributed by atoms with Gasteiger partial charge in [0, 0.05) is 5.69 Å². The van der Waals surface area contributed by atoms with E-state index in [-0.39, 0.29) is 5.91 Å². The molecule has 3 nitrogen and oxygen atoms in total. The highest BCUT2D eigenvalue weighted by Crippen LogP contribution is 2.51. The van der Waals surface area contributed by atoms with Crippen LogP contribution in [0.2, 0.25) is 0 Å². The van der Waals surface area contributed by atoms with Crippen molar-refractivity contribution < 1.29 is 9.90 Å². The number of rotatable bonds is 3. The molecular formula is C21H17NO2. The Morgan fingerprint density at radius 3 is 1.83 bits per heavy atom. The van der Waals surface area contributed by atoms with Crippen LogP contribution in [0.15, 0.2) is 91.0 Å². The van der Waals surface area contributed by atoms with Gasteiger partial charge in [0.25, 0.3) is 5.91 Å². The van der Waals surface area contributed by atoms with Gasteiger partial charge in [-0.05, 0) is 23.3 Å². The van der Waals surface area contributed by atoms with Crippen LogP contribution in [-0.2, 0) is 10.4 Å². The molecule has 0 aromatic heterocycles. The van der Waals surface area contributed by atoms with Crippen molar-refractivity contribution in [2.24, 2.45) is 0 Å². The molecule has 1 amide bonds. The quantitative estimate of drug-likeness (QED) is 0.749. The summed E-state index contributed by atoms with van der Waals surface area (Å²) < 4.78 is 0. The number of amides is 1. The maximum Gasteiger partial charge on any atom is 0.266 e. The van der Waals surface area contributed by atoms with Crippen LogP contribution in [0.25, 0.3) is 0 Å². The number of β-lactam (4-membered cyclic amide) rings is 1. The van der Waals surface area contributed by atoms with Crippen molar-refractivity contribution in [2.45, 2.75) is 11.6 Å². The molecule has 1 aliphatic rings. The molecule has 1 heterocycles. The van der Waals surface area contributed by atoms with Crippen molar-refractivity contribution in [3.8, 4) is 0 Å². The first-order chi connectivity index (χ1) is 11.7. The lowest BCUT2D eigenvalue weighted by molar-refractivity contribution is -0.155. The molecule has 0 spiro atoms. The molecule has 4 rings (SSSR count). The largest absolute Gasteiger partial charge is 0.373 e. The maximum atomic E-state index is 12.9. The normalized spacial score (nSPS) is 23.0. The molecule has 0 radical (unpaired) electrons. The van der Waals surface area contributed by atoms with Crippen molar-refractivity contribution in [1.29, 1.82) is 0 Å². The van der Waals surface area contributed by atoms with Gasteiger partial charge in [-0.3, -0.25) is 9.69 Å². The van der Waals surface area contributed by atoms with Crippen LogP contribution in [0.1, 0.15) is 17.2 Å². The summed E-state index contributed by atoms with van der Waals surface area (Å²) in [6.07, 6.45) is 0. The van der Waals surface area contributed by atoms with E-state index in [2.05, 4.69) is 0 Å². The van der Waals surface area contributed by atoms with Crippen molar-refractivity contribution in [3.63, 3.8) is 0 Å². The molecule has 24 heavy (non-hydrogen) atoms. The highest BCUT2D eigenvalue weighted by atomic mass is 16.3. The van der Waals surface area contributed by atoms with Crippen molar-refractivity contribution >= 4 is 11.6 Å². The number of carbonyl (C=O) groups excluding carboxylic acids is 1. The molecule has 1 saturated heterocycles. The molecule has 0 aliphatic carbocycles. The zero-order valence-electron chi connectivity index (χ0n) is 13.0. The van der Waals surface area contributed by atoms with Gasteiger partial charge in [-0.1, -0.05) is 78.9 Å². The number of para-hydroxylation sites is 1. The molecule has 118 valence electrons. The average molecular weight is 315 g/mol. The predicted molar refractivity (Wildman–Crippen MR) is 93.4 cm³/mol. The van der Waals surface area contributed by atoms with E-state index in [4.69, 9.17) is 0 Å². The van der Waals surface area contributed by atoms with E-state index < -0.39 is 11.6 Å². The Bertz CT molecular complexity index is 849. The summed E-state index contributed by atoms with van der Waals surface area (Å²) >= 11 is 0. The number of hydrogen-bond acceptors (Lipinski definition) is 2. The zero-order chi connectivity index (χ0) is 16.6. The number of aliphatic hydroxyl groups is 1. The summed E-state index contributed by atoms with van der Waals surface area (Å²) in [7, 11) is 0. The molecule has 1 aliphatic heterocycles. The van der Waals surface area contributed by atoms with E-state index >= 15 is 0 Å². The van der Waals surface area contributed by atoms with E-state index in [0.717, 1.165) is 11.3 Å². The minimum Gasteiger partial charge on any atom is -0.373 e. The second kappa shape index (κ2) is 5.62. The number of nitrogens with zero attached hydrogens (tertiary/aromatic N) is 1. The van der Waals surface area contributed by atoms with Crippen molar-refractivity contribution in [1.82, 2.24) is 0 Å². The lowest BCUT2D eigenvalue weighted by Gasteiger charge is -2.53. The Morgan fingerprint density at radius 2 is 1.25 bits per heavy atom. The van der Waals surface area contributed by atoms with Crippen LogP contribution in [0.3, 0.4) is 0 Å². The Balaban J connectivity index is 1.85. The Hall–Kier alpha value is -2.91. The Kier molecular flexibility index (Phi) is 3.44. The summed E-state index contributed by atoms with van der Waals surface area (Å²) in [5.74, 6) is -0.297. The molecule has 1 N–H and O–H groups in total. The second-order valence-corrected chi connectivity index (χ2v) is 5.96. The van der Waals surface area contributed by atoms with E-state index in [9.17, 15) is 9.90 Å². The van der Waals surface area contributed by atoms with Gasteiger partial charge in [0.2, 0.25) is 0 Å². The third kappa shape index (κ3) is 2.06. The molecule has 1 fully saturated rings. The SMILES string of the molecule is O=C1N(c2ccccc2)[C@H](c2ccccc2)[C@@]1(O)c1ccccc1. The lowest BCUT2D eigenvalue weighted by Crippen LogP contribution is -2.66. The van der Waals surface area contributed by atoms with Gasteiger partial charge in [-0.15, -0.1) is 0 Å². The summed E-state index contributed by atoms with van der Waals surface area (Å²) in [6.45, 7) is 0. The van der Waals surface area contributed by atoms with Gasteiger partial charge < -0.3 is 5.11 Å². The van der Waals surface area contributed by atoms with Gasteiger partial charge in [-0.25, -0.2) is 0 Å². The minimum atomic E-state index is -1.54. The van der Waals surface area contributed by atoms with Crippen LogP contribution in [0.5, 0.6) is 0 Å². The topological polar surface area (TPSA) is 40.5 Å².